The molecule has 0 radical (unpaired) electrons. The summed E-state index contributed by atoms with van der Waals surface area (Å²) >= 11 is 0. The fraction of sp³-hybridized carbons (Fsp3) is 0.696. The molecule has 182 valence electrons. The monoisotopic (exact) mass is 472 g/mol. The molecule has 2 saturated carbocycles. The number of nitrogens with one attached hydrogen (secondary N) is 1. The first-order valence-corrected chi connectivity index (χ1v) is 11.6. The SMILES string of the molecule is CC(CC(=O)NC(c1cnn2cc(CC3CCC(F)(F)CC3)nc2c1)C1CCC1)C(F)(F)F. The zero-order valence-corrected chi connectivity index (χ0v) is 18.5. The van der Waals surface area contributed by atoms with Crippen LogP contribution in [0.5, 0.6) is 0 Å². The van der Waals surface area contributed by atoms with Crippen molar-refractivity contribution in [2.45, 2.75) is 82.9 Å². The van der Waals surface area contributed by atoms with Gasteiger partial charge in [0.05, 0.1) is 30.0 Å². The van der Waals surface area contributed by atoms with Crippen molar-refractivity contribution in [1.29, 1.82) is 0 Å². The third kappa shape index (κ3) is 5.81. The number of halogens is 5. The van der Waals surface area contributed by atoms with Crippen LogP contribution >= 0.6 is 0 Å². The van der Waals surface area contributed by atoms with Gasteiger partial charge in [-0.1, -0.05) is 13.3 Å². The summed E-state index contributed by atoms with van der Waals surface area (Å²) in [6.07, 6.45) is 2.51. The Labute approximate surface area is 189 Å². The van der Waals surface area contributed by atoms with Gasteiger partial charge in [-0.2, -0.15) is 18.3 Å². The van der Waals surface area contributed by atoms with Crippen LogP contribution in [0.3, 0.4) is 0 Å². The average molecular weight is 473 g/mol. The first-order chi connectivity index (χ1) is 15.5. The summed E-state index contributed by atoms with van der Waals surface area (Å²) in [5.74, 6) is -4.60. The van der Waals surface area contributed by atoms with Gasteiger partial charge < -0.3 is 5.32 Å². The molecule has 2 fully saturated rings. The summed E-state index contributed by atoms with van der Waals surface area (Å²) in [7, 11) is 0. The number of aromatic nitrogens is 3. The van der Waals surface area contributed by atoms with Crippen molar-refractivity contribution < 1.29 is 26.7 Å². The van der Waals surface area contributed by atoms with E-state index in [2.05, 4.69) is 15.4 Å². The second-order valence-corrected chi connectivity index (χ2v) is 9.71. The number of alkyl halides is 5. The lowest BCUT2D eigenvalue weighted by Gasteiger charge is -2.34. The highest BCUT2D eigenvalue weighted by Gasteiger charge is 2.38. The maximum absolute atomic E-state index is 13.4. The molecule has 0 aromatic carbocycles. The molecular formula is C23H29F5N4O. The lowest BCUT2D eigenvalue weighted by Crippen LogP contribution is -2.38. The van der Waals surface area contributed by atoms with Gasteiger partial charge in [0.15, 0.2) is 5.65 Å². The van der Waals surface area contributed by atoms with E-state index in [1.165, 1.54) is 0 Å². The van der Waals surface area contributed by atoms with Crippen LogP contribution in [0.25, 0.3) is 5.65 Å². The number of rotatable bonds is 7. The summed E-state index contributed by atoms with van der Waals surface area (Å²) < 4.78 is 67.0. The summed E-state index contributed by atoms with van der Waals surface area (Å²) in [4.78, 5) is 17.0. The molecule has 2 aromatic rings. The van der Waals surface area contributed by atoms with Crippen LogP contribution in [0.2, 0.25) is 0 Å². The minimum atomic E-state index is -4.41. The topological polar surface area (TPSA) is 59.3 Å². The molecule has 2 aliphatic rings. The fourth-order valence-electron chi connectivity index (χ4n) is 4.68. The zero-order valence-electron chi connectivity index (χ0n) is 18.5. The molecule has 33 heavy (non-hydrogen) atoms. The van der Waals surface area contributed by atoms with Gasteiger partial charge in [-0.25, -0.2) is 18.3 Å². The molecule has 0 saturated heterocycles. The van der Waals surface area contributed by atoms with Crippen LogP contribution in [0.4, 0.5) is 22.0 Å². The summed E-state index contributed by atoms with van der Waals surface area (Å²) in [5, 5.41) is 7.19. The van der Waals surface area contributed by atoms with E-state index in [1.54, 1.807) is 16.9 Å². The maximum atomic E-state index is 13.4. The number of nitrogens with zero attached hydrogens (tertiary/aromatic N) is 3. The Morgan fingerprint density at radius 3 is 2.55 bits per heavy atom. The minimum absolute atomic E-state index is 0.0941. The maximum Gasteiger partial charge on any atom is 0.392 e. The Morgan fingerprint density at radius 2 is 1.94 bits per heavy atom. The Kier molecular flexibility index (Phi) is 6.64. The van der Waals surface area contributed by atoms with Crippen LogP contribution in [0, 0.1) is 17.8 Å². The van der Waals surface area contributed by atoms with Gasteiger partial charge in [0, 0.05) is 19.3 Å². The Bertz CT molecular complexity index is 975. The normalized spacial score (nSPS) is 21.5. The minimum Gasteiger partial charge on any atom is -0.349 e. The molecule has 2 unspecified atom stereocenters. The van der Waals surface area contributed by atoms with Crippen molar-refractivity contribution in [3.8, 4) is 0 Å². The lowest BCUT2D eigenvalue weighted by molar-refractivity contribution is -0.174. The van der Waals surface area contributed by atoms with Crippen molar-refractivity contribution in [1.82, 2.24) is 19.9 Å². The Balaban J connectivity index is 1.46. The number of amides is 1. The van der Waals surface area contributed by atoms with Gasteiger partial charge in [0.1, 0.15) is 0 Å². The van der Waals surface area contributed by atoms with Crippen molar-refractivity contribution >= 4 is 11.6 Å². The molecule has 2 heterocycles. The van der Waals surface area contributed by atoms with E-state index in [9.17, 15) is 26.7 Å². The first-order valence-electron chi connectivity index (χ1n) is 11.6. The van der Waals surface area contributed by atoms with Gasteiger partial charge >= 0.3 is 6.18 Å². The molecule has 2 atom stereocenters. The highest BCUT2D eigenvalue weighted by atomic mass is 19.4. The van der Waals surface area contributed by atoms with Crippen LogP contribution in [0.1, 0.15) is 75.6 Å². The average Bonchev–Trinajstić information content (AvgIpc) is 3.08. The summed E-state index contributed by atoms with van der Waals surface area (Å²) in [6.45, 7) is 1.01. The number of carbonyl (C=O) groups is 1. The molecule has 2 aromatic heterocycles. The van der Waals surface area contributed by atoms with Crippen molar-refractivity contribution in [2.75, 3.05) is 0 Å². The van der Waals surface area contributed by atoms with Crippen LogP contribution in [-0.2, 0) is 11.2 Å². The number of carbonyl (C=O) groups excluding carboxylic acids is 1. The van der Waals surface area contributed by atoms with E-state index in [4.69, 9.17) is 0 Å². The fourth-order valence-corrected chi connectivity index (χ4v) is 4.68. The number of hydrogen-bond donors (Lipinski definition) is 1. The first kappa shape index (κ1) is 23.9. The second-order valence-electron chi connectivity index (χ2n) is 9.71. The molecule has 1 amide bonds. The van der Waals surface area contributed by atoms with Gasteiger partial charge in [-0.05, 0) is 55.6 Å². The van der Waals surface area contributed by atoms with Crippen molar-refractivity contribution in [3.63, 3.8) is 0 Å². The Morgan fingerprint density at radius 1 is 1.24 bits per heavy atom. The second kappa shape index (κ2) is 9.18. The smallest absolute Gasteiger partial charge is 0.349 e. The molecule has 1 N–H and O–H groups in total. The van der Waals surface area contributed by atoms with E-state index < -0.39 is 36.4 Å². The molecule has 4 rings (SSSR count). The molecule has 10 heteroatoms. The lowest BCUT2D eigenvalue weighted by atomic mass is 9.77. The molecule has 0 bridgehead atoms. The van der Waals surface area contributed by atoms with Crippen LogP contribution in [-0.4, -0.2) is 32.6 Å². The van der Waals surface area contributed by atoms with Gasteiger partial charge in [-0.3, -0.25) is 4.79 Å². The number of fused-ring (bicyclic) bond motifs is 1. The van der Waals surface area contributed by atoms with Gasteiger partial charge in [0.2, 0.25) is 11.8 Å². The van der Waals surface area contributed by atoms with Crippen LogP contribution in [0.15, 0.2) is 18.5 Å². The van der Waals surface area contributed by atoms with E-state index in [-0.39, 0.29) is 24.7 Å². The molecular weight excluding hydrogens is 443 g/mol. The quantitative estimate of drug-likeness (QED) is 0.531. The largest absolute Gasteiger partial charge is 0.392 e. The van der Waals surface area contributed by atoms with E-state index >= 15 is 0 Å². The van der Waals surface area contributed by atoms with E-state index in [1.807, 2.05) is 6.07 Å². The zero-order chi connectivity index (χ0) is 23.8. The van der Waals surface area contributed by atoms with Crippen LogP contribution < -0.4 is 5.32 Å². The summed E-state index contributed by atoms with van der Waals surface area (Å²) in [6, 6.07) is 1.40. The van der Waals surface area contributed by atoms with Crippen molar-refractivity contribution in [2.24, 2.45) is 17.8 Å². The standard InChI is InChI=1S/C23H29F5N4O/c1-14(23(26,27)28)9-20(33)31-21(16-3-2-4-16)17-11-19-30-18(13-32(19)29-12-17)10-15-5-7-22(24,25)8-6-15/h11-16,21H,2-10H2,1H3,(H,31,33). The van der Waals surface area contributed by atoms with E-state index in [0.717, 1.165) is 37.4 Å². The highest BCUT2D eigenvalue weighted by molar-refractivity contribution is 5.76. The van der Waals surface area contributed by atoms with Gasteiger partial charge in [0.25, 0.3) is 0 Å². The van der Waals surface area contributed by atoms with Crippen molar-refractivity contribution in [3.05, 3.63) is 29.7 Å². The predicted molar refractivity (Wildman–Crippen MR) is 112 cm³/mol. The third-order valence-electron chi connectivity index (χ3n) is 7.07. The van der Waals surface area contributed by atoms with Gasteiger partial charge in [-0.15, -0.1) is 0 Å². The Hall–Kier alpha value is -2.26. The number of imidazole rings is 1. The molecule has 0 aliphatic heterocycles. The molecule has 0 spiro atoms. The highest BCUT2D eigenvalue weighted by Crippen LogP contribution is 2.39. The predicted octanol–water partition coefficient (Wildman–Crippen LogP) is 5.64. The van der Waals surface area contributed by atoms with E-state index in [0.29, 0.717) is 24.9 Å². The molecule has 2 aliphatic carbocycles. The summed E-state index contributed by atoms with van der Waals surface area (Å²) in [5.41, 5.74) is 2.07. The third-order valence-corrected chi connectivity index (χ3v) is 7.07. The molecule has 5 nitrogen and oxygen atoms in total. The number of hydrogen-bond acceptors (Lipinski definition) is 3.